The summed E-state index contributed by atoms with van der Waals surface area (Å²) >= 11 is 8.56. The van der Waals surface area contributed by atoms with E-state index in [1.807, 2.05) is 6.92 Å². The lowest BCUT2D eigenvalue weighted by atomic mass is 10.1. The predicted molar refractivity (Wildman–Crippen MR) is 113 cm³/mol. The highest BCUT2D eigenvalue weighted by Gasteiger charge is 2.14. The average molecular weight is 450 g/mol. The molecular formula is C19H20BrN3O3S. The standard InChI is InChI=1S/C19H20BrN3O3S/c1-3-10-21-18(25)13-6-4-5-7-15(13)22-19(27)23-17(24)12-8-9-16(26-2)14(20)11-12/h4-9,11H,3,10H2,1-2H3,(H,21,25)(H2,22,23,24,27). The van der Waals surface area contributed by atoms with Crippen LogP contribution >= 0.6 is 28.1 Å². The zero-order valence-electron chi connectivity index (χ0n) is 15.0. The van der Waals surface area contributed by atoms with E-state index in [0.717, 1.165) is 6.42 Å². The number of para-hydroxylation sites is 1. The van der Waals surface area contributed by atoms with Gasteiger partial charge in [0.15, 0.2) is 5.11 Å². The van der Waals surface area contributed by atoms with E-state index in [-0.39, 0.29) is 16.9 Å². The number of anilines is 1. The van der Waals surface area contributed by atoms with E-state index in [2.05, 4.69) is 31.9 Å². The molecule has 2 aromatic carbocycles. The fourth-order valence-electron chi connectivity index (χ4n) is 2.26. The summed E-state index contributed by atoms with van der Waals surface area (Å²) in [4.78, 5) is 24.6. The molecule has 0 aliphatic heterocycles. The van der Waals surface area contributed by atoms with Crippen molar-refractivity contribution in [3.8, 4) is 5.75 Å². The molecule has 142 valence electrons. The van der Waals surface area contributed by atoms with Crippen LogP contribution in [0, 0.1) is 0 Å². The van der Waals surface area contributed by atoms with Crippen molar-refractivity contribution in [2.24, 2.45) is 0 Å². The fraction of sp³-hybridized carbons (Fsp3) is 0.211. The number of rotatable bonds is 6. The van der Waals surface area contributed by atoms with E-state index in [1.54, 1.807) is 49.6 Å². The molecule has 0 spiro atoms. The Hall–Kier alpha value is -2.45. The van der Waals surface area contributed by atoms with Gasteiger partial charge in [0, 0.05) is 12.1 Å². The molecule has 0 bridgehead atoms. The third-order valence-electron chi connectivity index (χ3n) is 3.60. The van der Waals surface area contributed by atoms with E-state index in [4.69, 9.17) is 17.0 Å². The Bertz CT molecular complexity index is 858. The lowest BCUT2D eigenvalue weighted by Gasteiger charge is -2.13. The van der Waals surface area contributed by atoms with E-state index in [9.17, 15) is 9.59 Å². The zero-order valence-corrected chi connectivity index (χ0v) is 17.4. The maximum absolute atomic E-state index is 12.4. The molecule has 2 rings (SSSR count). The predicted octanol–water partition coefficient (Wildman–Crippen LogP) is 3.72. The highest BCUT2D eigenvalue weighted by molar-refractivity contribution is 9.10. The Balaban J connectivity index is 2.06. The van der Waals surface area contributed by atoms with Gasteiger partial charge in [0.25, 0.3) is 11.8 Å². The van der Waals surface area contributed by atoms with E-state index in [1.165, 1.54) is 0 Å². The van der Waals surface area contributed by atoms with Crippen LogP contribution < -0.4 is 20.7 Å². The number of ether oxygens (including phenoxy) is 1. The number of amides is 2. The van der Waals surface area contributed by atoms with Gasteiger partial charge in [-0.25, -0.2) is 0 Å². The van der Waals surface area contributed by atoms with Crippen LogP contribution in [-0.4, -0.2) is 30.6 Å². The van der Waals surface area contributed by atoms with Crippen molar-refractivity contribution in [2.75, 3.05) is 19.0 Å². The first-order valence-electron chi connectivity index (χ1n) is 8.29. The van der Waals surface area contributed by atoms with Crippen LogP contribution in [0.25, 0.3) is 0 Å². The number of benzene rings is 2. The SMILES string of the molecule is CCCNC(=O)c1ccccc1NC(=S)NC(=O)c1ccc(OC)c(Br)c1. The summed E-state index contributed by atoms with van der Waals surface area (Å²) in [5, 5.41) is 8.43. The van der Waals surface area contributed by atoms with Crippen LogP contribution in [0.4, 0.5) is 5.69 Å². The third-order valence-corrected chi connectivity index (χ3v) is 4.42. The molecule has 6 nitrogen and oxygen atoms in total. The lowest BCUT2D eigenvalue weighted by molar-refractivity contribution is 0.0952. The summed E-state index contributed by atoms with van der Waals surface area (Å²) in [6.45, 7) is 2.56. The summed E-state index contributed by atoms with van der Waals surface area (Å²) in [7, 11) is 1.55. The minimum atomic E-state index is -0.372. The van der Waals surface area contributed by atoms with Crippen molar-refractivity contribution in [2.45, 2.75) is 13.3 Å². The van der Waals surface area contributed by atoms with E-state index in [0.29, 0.717) is 33.6 Å². The van der Waals surface area contributed by atoms with Gasteiger partial charge < -0.3 is 15.4 Å². The van der Waals surface area contributed by atoms with Crippen LogP contribution in [0.2, 0.25) is 0 Å². The molecule has 27 heavy (non-hydrogen) atoms. The molecule has 2 aromatic rings. The summed E-state index contributed by atoms with van der Waals surface area (Å²) in [5.41, 5.74) is 1.39. The number of carbonyl (C=O) groups is 2. The molecule has 0 saturated heterocycles. The molecule has 0 heterocycles. The van der Waals surface area contributed by atoms with Gasteiger partial charge in [0.05, 0.1) is 22.8 Å². The number of methoxy groups -OCH3 is 1. The summed E-state index contributed by atoms with van der Waals surface area (Å²) in [5.74, 6) is 0.0520. The first kappa shape index (κ1) is 20.9. The Morgan fingerprint density at radius 1 is 1.15 bits per heavy atom. The Labute approximate surface area is 171 Å². The number of hydrogen-bond donors (Lipinski definition) is 3. The maximum Gasteiger partial charge on any atom is 0.257 e. The average Bonchev–Trinajstić information content (AvgIpc) is 2.66. The molecule has 0 radical (unpaired) electrons. The molecule has 0 aromatic heterocycles. The van der Waals surface area contributed by atoms with Crippen LogP contribution in [0.3, 0.4) is 0 Å². The molecule has 8 heteroatoms. The van der Waals surface area contributed by atoms with E-state index >= 15 is 0 Å². The van der Waals surface area contributed by atoms with Gasteiger partial charge in [0.1, 0.15) is 5.75 Å². The van der Waals surface area contributed by atoms with E-state index < -0.39 is 0 Å². The molecule has 0 atom stereocenters. The molecule has 0 fully saturated rings. The van der Waals surface area contributed by atoms with Gasteiger partial charge in [0.2, 0.25) is 0 Å². The van der Waals surface area contributed by atoms with Gasteiger partial charge in [-0.3, -0.25) is 14.9 Å². The smallest absolute Gasteiger partial charge is 0.257 e. The zero-order chi connectivity index (χ0) is 19.8. The summed E-state index contributed by atoms with van der Waals surface area (Å²) in [6, 6.07) is 11.9. The number of nitrogens with one attached hydrogen (secondary N) is 3. The second-order valence-electron chi connectivity index (χ2n) is 5.56. The van der Waals surface area contributed by atoms with Crippen molar-refractivity contribution in [1.82, 2.24) is 10.6 Å². The fourth-order valence-corrected chi connectivity index (χ4v) is 3.00. The van der Waals surface area contributed by atoms with Crippen LogP contribution in [0.15, 0.2) is 46.9 Å². The summed E-state index contributed by atoms with van der Waals surface area (Å²) in [6.07, 6.45) is 0.841. The second kappa shape index (κ2) is 10.0. The Morgan fingerprint density at radius 2 is 1.89 bits per heavy atom. The molecule has 3 N–H and O–H groups in total. The van der Waals surface area contributed by atoms with Crippen LogP contribution in [0.1, 0.15) is 34.1 Å². The maximum atomic E-state index is 12.4. The largest absolute Gasteiger partial charge is 0.496 e. The first-order chi connectivity index (χ1) is 13.0. The monoisotopic (exact) mass is 449 g/mol. The minimum Gasteiger partial charge on any atom is -0.496 e. The second-order valence-corrected chi connectivity index (χ2v) is 6.82. The number of carbonyl (C=O) groups excluding carboxylic acids is 2. The molecule has 0 saturated carbocycles. The normalized spacial score (nSPS) is 10.0. The van der Waals surface area contributed by atoms with Gasteiger partial charge in [-0.1, -0.05) is 19.1 Å². The molecule has 0 unspecified atom stereocenters. The molecule has 0 aliphatic carbocycles. The third kappa shape index (κ3) is 5.77. The van der Waals surface area contributed by atoms with Crippen molar-refractivity contribution in [1.29, 1.82) is 0 Å². The topological polar surface area (TPSA) is 79.5 Å². The van der Waals surface area contributed by atoms with Crippen LogP contribution in [0.5, 0.6) is 5.75 Å². The first-order valence-corrected chi connectivity index (χ1v) is 9.49. The Morgan fingerprint density at radius 3 is 2.56 bits per heavy atom. The van der Waals surface area contributed by atoms with Gasteiger partial charge in [-0.05, 0) is 64.9 Å². The number of hydrogen-bond acceptors (Lipinski definition) is 4. The number of thiocarbonyl (C=S) groups is 1. The lowest BCUT2D eigenvalue weighted by Crippen LogP contribution is -2.35. The molecule has 0 aliphatic rings. The summed E-state index contributed by atoms with van der Waals surface area (Å²) < 4.78 is 5.81. The van der Waals surface area contributed by atoms with Crippen molar-refractivity contribution >= 4 is 50.8 Å². The van der Waals surface area contributed by atoms with Gasteiger partial charge in [-0.2, -0.15) is 0 Å². The highest BCUT2D eigenvalue weighted by atomic mass is 79.9. The number of halogens is 1. The quantitative estimate of drug-likeness (QED) is 0.585. The molecular weight excluding hydrogens is 430 g/mol. The van der Waals surface area contributed by atoms with Gasteiger partial charge >= 0.3 is 0 Å². The Kier molecular flexibility index (Phi) is 7.75. The molecule has 2 amide bonds. The van der Waals surface area contributed by atoms with Crippen molar-refractivity contribution in [3.63, 3.8) is 0 Å². The van der Waals surface area contributed by atoms with Crippen molar-refractivity contribution in [3.05, 3.63) is 58.1 Å². The van der Waals surface area contributed by atoms with Crippen LogP contribution in [-0.2, 0) is 0 Å². The van der Waals surface area contributed by atoms with Crippen molar-refractivity contribution < 1.29 is 14.3 Å². The van der Waals surface area contributed by atoms with Gasteiger partial charge in [-0.15, -0.1) is 0 Å². The minimum absolute atomic E-state index is 0.0997. The highest BCUT2D eigenvalue weighted by Crippen LogP contribution is 2.25.